The van der Waals surface area contributed by atoms with E-state index in [4.69, 9.17) is 0 Å². The minimum absolute atomic E-state index is 0.124. The summed E-state index contributed by atoms with van der Waals surface area (Å²) < 4.78 is 0. The van der Waals surface area contributed by atoms with Gasteiger partial charge in [0, 0.05) is 37.8 Å². The molecule has 1 aliphatic rings. The van der Waals surface area contributed by atoms with Gasteiger partial charge in [0.05, 0.1) is 16.1 Å². The molecule has 0 radical (unpaired) electrons. The summed E-state index contributed by atoms with van der Waals surface area (Å²) >= 11 is 1.76. The average Bonchev–Trinajstić information content (AvgIpc) is 3.25. The highest BCUT2D eigenvalue weighted by Crippen LogP contribution is 2.24. The molecule has 5 heteroatoms. The first-order valence-corrected chi connectivity index (χ1v) is 8.35. The zero-order valence-electron chi connectivity index (χ0n) is 12.2. The minimum Gasteiger partial charge on any atom is -0.361 e. The number of carbonyl (C=O) groups is 1. The van der Waals surface area contributed by atoms with Gasteiger partial charge in [0.15, 0.2) is 0 Å². The Morgan fingerprint density at radius 1 is 1.05 bits per heavy atom. The van der Waals surface area contributed by atoms with Crippen LogP contribution in [0.5, 0.6) is 0 Å². The first-order chi connectivity index (χ1) is 10.8. The van der Waals surface area contributed by atoms with Gasteiger partial charge in [-0.15, -0.1) is 11.3 Å². The summed E-state index contributed by atoms with van der Waals surface area (Å²) in [7, 11) is 0. The molecule has 1 N–H and O–H groups in total. The van der Waals surface area contributed by atoms with Crippen LogP contribution < -0.4 is 4.90 Å². The molecule has 1 aliphatic heterocycles. The van der Waals surface area contributed by atoms with E-state index < -0.39 is 0 Å². The van der Waals surface area contributed by atoms with Gasteiger partial charge in [-0.1, -0.05) is 12.1 Å². The van der Waals surface area contributed by atoms with Crippen LogP contribution in [-0.2, 0) is 0 Å². The molecule has 4 nitrogen and oxygen atoms in total. The zero-order valence-corrected chi connectivity index (χ0v) is 13.0. The van der Waals surface area contributed by atoms with E-state index in [0.29, 0.717) is 0 Å². The number of rotatable bonds is 2. The van der Waals surface area contributed by atoms with Gasteiger partial charge in [-0.3, -0.25) is 4.79 Å². The first-order valence-electron chi connectivity index (χ1n) is 7.47. The van der Waals surface area contributed by atoms with Gasteiger partial charge < -0.3 is 14.8 Å². The lowest BCUT2D eigenvalue weighted by molar-refractivity contribution is 0.0749. The molecule has 1 fully saturated rings. The second kappa shape index (κ2) is 5.50. The third kappa shape index (κ3) is 2.27. The molecule has 22 heavy (non-hydrogen) atoms. The largest absolute Gasteiger partial charge is 0.361 e. The molecule has 1 amide bonds. The number of carbonyl (C=O) groups excluding carboxylic acids is 1. The van der Waals surface area contributed by atoms with Crippen molar-refractivity contribution in [3.05, 3.63) is 53.5 Å². The monoisotopic (exact) mass is 311 g/mol. The van der Waals surface area contributed by atoms with E-state index in [-0.39, 0.29) is 5.91 Å². The van der Waals surface area contributed by atoms with Crippen LogP contribution in [0.3, 0.4) is 0 Å². The van der Waals surface area contributed by atoms with Crippen molar-refractivity contribution >= 4 is 33.1 Å². The molecule has 1 saturated heterocycles. The summed E-state index contributed by atoms with van der Waals surface area (Å²) in [5.74, 6) is 0.124. The Labute approximate surface area is 133 Å². The number of H-pyrrole nitrogens is 1. The number of aromatic amines is 1. The van der Waals surface area contributed by atoms with Gasteiger partial charge in [0.2, 0.25) is 0 Å². The van der Waals surface area contributed by atoms with Crippen molar-refractivity contribution in [2.24, 2.45) is 0 Å². The van der Waals surface area contributed by atoms with Gasteiger partial charge in [-0.05, 0) is 29.6 Å². The maximum Gasteiger partial charge on any atom is 0.256 e. The van der Waals surface area contributed by atoms with Crippen LogP contribution in [0.15, 0.2) is 48.0 Å². The Bertz CT molecular complexity index is 785. The number of fused-ring (bicyclic) bond motifs is 1. The molecule has 3 heterocycles. The van der Waals surface area contributed by atoms with Gasteiger partial charge in [-0.2, -0.15) is 0 Å². The van der Waals surface area contributed by atoms with Crippen LogP contribution in [0.4, 0.5) is 5.00 Å². The van der Waals surface area contributed by atoms with Crippen molar-refractivity contribution in [3.8, 4) is 0 Å². The standard InChI is InChI=1S/C17H17N3OS/c21-17(14-4-1-3-13-6-7-18-16(13)14)20-10-8-19(9-11-20)15-5-2-12-22-15/h1-7,12,18H,8-11H2. The highest BCUT2D eigenvalue weighted by molar-refractivity contribution is 7.14. The number of para-hydroxylation sites is 1. The number of hydrogen-bond acceptors (Lipinski definition) is 3. The zero-order chi connectivity index (χ0) is 14.9. The predicted molar refractivity (Wildman–Crippen MR) is 90.7 cm³/mol. The number of thiophene rings is 1. The van der Waals surface area contributed by atoms with Crippen molar-refractivity contribution in [3.63, 3.8) is 0 Å². The number of amides is 1. The lowest BCUT2D eigenvalue weighted by Gasteiger charge is -2.35. The Hall–Kier alpha value is -2.27. The Morgan fingerprint density at radius 3 is 2.68 bits per heavy atom. The maximum absolute atomic E-state index is 12.8. The summed E-state index contributed by atoms with van der Waals surface area (Å²) in [6.45, 7) is 3.33. The van der Waals surface area contributed by atoms with E-state index in [1.807, 2.05) is 35.4 Å². The number of anilines is 1. The lowest BCUT2D eigenvalue weighted by Crippen LogP contribution is -2.48. The Kier molecular flexibility index (Phi) is 3.35. The summed E-state index contributed by atoms with van der Waals surface area (Å²) in [6.07, 6.45) is 1.89. The fourth-order valence-corrected chi connectivity index (χ4v) is 3.80. The van der Waals surface area contributed by atoms with Crippen LogP contribution in [0.2, 0.25) is 0 Å². The van der Waals surface area contributed by atoms with Crippen molar-refractivity contribution in [2.75, 3.05) is 31.1 Å². The van der Waals surface area contributed by atoms with Gasteiger partial charge in [-0.25, -0.2) is 0 Å². The van der Waals surface area contributed by atoms with Crippen LogP contribution in [0.25, 0.3) is 10.9 Å². The fourth-order valence-electron chi connectivity index (χ4n) is 3.01. The number of hydrogen-bond donors (Lipinski definition) is 1. The molecule has 0 aliphatic carbocycles. The maximum atomic E-state index is 12.8. The SMILES string of the molecule is O=C(c1cccc2cc[nH]c12)N1CCN(c2cccs2)CC1. The number of nitrogens with zero attached hydrogens (tertiary/aromatic N) is 2. The number of benzene rings is 1. The molecule has 0 atom stereocenters. The van der Waals surface area contributed by atoms with Crippen LogP contribution >= 0.6 is 11.3 Å². The fraction of sp³-hybridized carbons (Fsp3) is 0.235. The van der Waals surface area contributed by atoms with E-state index in [9.17, 15) is 4.79 Å². The normalized spacial score (nSPS) is 15.5. The van der Waals surface area contributed by atoms with E-state index >= 15 is 0 Å². The van der Waals surface area contributed by atoms with Crippen LogP contribution in [0, 0.1) is 0 Å². The van der Waals surface area contributed by atoms with Crippen molar-refractivity contribution in [1.82, 2.24) is 9.88 Å². The molecule has 1 aromatic carbocycles. The quantitative estimate of drug-likeness (QED) is 0.789. The number of piperazine rings is 1. The second-order valence-corrected chi connectivity index (χ2v) is 6.40. The molecule has 4 rings (SSSR count). The molecule has 0 spiro atoms. The molecule has 112 valence electrons. The summed E-state index contributed by atoms with van der Waals surface area (Å²) in [6, 6.07) is 12.1. The Balaban J connectivity index is 1.51. The molecule has 0 unspecified atom stereocenters. The molecular formula is C17H17N3OS. The predicted octanol–water partition coefficient (Wildman–Crippen LogP) is 3.19. The van der Waals surface area contributed by atoms with Crippen molar-refractivity contribution in [2.45, 2.75) is 0 Å². The smallest absolute Gasteiger partial charge is 0.256 e. The van der Waals surface area contributed by atoms with E-state index in [1.165, 1.54) is 5.00 Å². The summed E-state index contributed by atoms with van der Waals surface area (Å²) in [5.41, 5.74) is 1.71. The summed E-state index contributed by atoms with van der Waals surface area (Å²) in [4.78, 5) is 20.3. The molecule has 0 saturated carbocycles. The van der Waals surface area contributed by atoms with Crippen molar-refractivity contribution < 1.29 is 4.79 Å². The van der Waals surface area contributed by atoms with E-state index in [2.05, 4.69) is 27.4 Å². The molecule has 2 aromatic heterocycles. The average molecular weight is 311 g/mol. The lowest BCUT2D eigenvalue weighted by atomic mass is 10.1. The molecule has 3 aromatic rings. The topological polar surface area (TPSA) is 39.3 Å². The summed E-state index contributed by atoms with van der Waals surface area (Å²) in [5, 5.41) is 4.47. The highest BCUT2D eigenvalue weighted by atomic mass is 32.1. The number of aromatic nitrogens is 1. The highest BCUT2D eigenvalue weighted by Gasteiger charge is 2.23. The minimum atomic E-state index is 0.124. The van der Waals surface area contributed by atoms with E-state index in [1.54, 1.807) is 11.3 Å². The third-order valence-electron chi connectivity index (χ3n) is 4.20. The first kappa shape index (κ1) is 13.4. The Morgan fingerprint density at radius 2 is 1.91 bits per heavy atom. The second-order valence-electron chi connectivity index (χ2n) is 5.48. The van der Waals surface area contributed by atoms with E-state index in [0.717, 1.165) is 42.6 Å². The van der Waals surface area contributed by atoms with Crippen LogP contribution in [-0.4, -0.2) is 42.0 Å². The van der Waals surface area contributed by atoms with Gasteiger partial charge in [0.25, 0.3) is 5.91 Å². The third-order valence-corrected chi connectivity index (χ3v) is 5.13. The van der Waals surface area contributed by atoms with Gasteiger partial charge >= 0.3 is 0 Å². The molecular weight excluding hydrogens is 294 g/mol. The van der Waals surface area contributed by atoms with Crippen molar-refractivity contribution in [1.29, 1.82) is 0 Å². The number of nitrogens with one attached hydrogen (secondary N) is 1. The molecule has 0 bridgehead atoms. The van der Waals surface area contributed by atoms with Crippen LogP contribution in [0.1, 0.15) is 10.4 Å². The van der Waals surface area contributed by atoms with Gasteiger partial charge in [0.1, 0.15) is 0 Å².